The number of fused-ring (bicyclic) bond motifs is 1. The van der Waals surface area contributed by atoms with Crippen LogP contribution in [-0.4, -0.2) is 37.5 Å². The van der Waals surface area contributed by atoms with E-state index < -0.39 is 0 Å². The molecule has 1 aromatic heterocycles. The van der Waals surface area contributed by atoms with Crippen molar-refractivity contribution in [2.75, 3.05) is 25.5 Å². The second kappa shape index (κ2) is 5.97. The van der Waals surface area contributed by atoms with Gasteiger partial charge in [0.05, 0.1) is 11.8 Å². The maximum atomic E-state index is 13.0. The van der Waals surface area contributed by atoms with Crippen molar-refractivity contribution < 1.29 is 9.21 Å². The number of hydrogen-bond acceptors (Lipinski definition) is 3. The molecule has 4 heteroatoms. The van der Waals surface area contributed by atoms with E-state index in [9.17, 15) is 4.79 Å². The zero-order valence-electron chi connectivity index (χ0n) is 13.4. The molecule has 2 aromatic rings. The average molecular weight is 298 g/mol. The lowest BCUT2D eigenvalue weighted by molar-refractivity contribution is 0.0978. The van der Waals surface area contributed by atoms with Crippen molar-refractivity contribution >= 4 is 11.6 Å². The zero-order chi connectivity index (χ0) is 15.7. The number of hydrogen-bond donors (Lipinski definition) is 0. The van der Waals surface area contributed by atoms with Gasteiger partial charge in [0.15, 0.2) is 0 Å². The molecule has 1 aliphatic rings. The molecule has 0 aliphatic carbocycles. The summed E-state index contributed by atoms with van der Waals surface area (Å²) in [4.78, 5) is 17.1. The summed E-state index contributed by atoms with van der Waals surface area (Å²) in [6.07, 6.45) is 3.63. The molecule has 1 amide bonds. The van der Waals surface area contributed by atoms with Gasteiger partial charge in [-0.2, -0.15) is 0 Å². The average Bonchev–Trinajstić information content (AvgIpc) is 2.83. The van der Waals surface area contributed by atoms with Crippen molar-refractivity contribution in [3.63, 3.8) is 0 Å². The molecule has 0 N–H and O–H groups in total. The smallest absolute Gasteiger partial charge is 0.261 e. The Hall–Kier alpha value is -2.07. The fourth-order valence-corrected chi connectivity index (χ4v) is 3.07. The van der Waals surface area contributed by atoms with Crippen LogP contribution in [0.25, 0.3) is 0 Å². The summed E-state index contributed by atoms with van der Waals surface area (Å²) in [5.74, 6) is 0.695. The van der Waals surface area contributed by atoms with Gasteiger partial charge in [0.25, 0.3) is 5.91 Å². The van der Waals surface area contributed by atoms with Crippen molar-refractivity contribution in [1.82, 2.24) is 4.90 Å². The van der Waals surface area contributed by atoms with Gasteiger partial charge in [0.1, 0.15) is 5.76 Å². The first-order chi connectivity index (χ1) is 10.6. The molecule has 1 aromatic carbocycles. The third-order valence-electron chi connectivity index (χ3n) is 4.49. The molecule has 1 aliphatic heterocycles. The molecule has 3 rings (SSSR count). The molecular weight excluding hydrogens is 276 g/mol. The Bertz CT molecular complexity index is 675. The van der Waals surface area contributed by atoms with Crippen molar-refractivity contribution in [3.05, 3.63) is 53.5 Å². The van der Waals surface area contributed by atoms with E-state index in [0.717, 1.165) is 18.5 Å². The van der Waals surface area contributed by atoms with E-state index in [1.165, 1.54) is 5.56 Å². The van der Waals surface area contributed by atoms with E-state index >= 15 is 0 Å². The van der Waals surface area contributed by atoms with Crippen molar-refractivity contribution in [1.29, 1.82) is 0 Å². The van der Waals surface area contributed by atoms with Crippen LogP contribution in [0.2, 0.25) is 0 Å². The summed E-state index contributed by atoms with van der Waals surface area (Å²) in [5.41, 5.74) is 2.91. The molecule has 0 spiro atoms. The highest BCUT2D eigenvalue weighted by Gasteiger charge is 2.29. The lowest BCUT2D eigenvalue weighted by Gasteiger charge is -2.29. The summed E-state index contributed by atoms with van der Waals surface area (Å²) in [6, 6.07) is 10.3. The first-order valence-electron chi connectivity index (χ1n) is 7.68. The molecule has 0 fully saturated rings. The Kier molecular flexibility index (Phi) is 4.03. The number of aryl methyl sites for hydroxylation is 2. The SMILES string of the molecule is Cc1occc1C(=O)N1CC(N(C)C)CCc2ccccc21. The number of rotatable bonds is 2. The Balaban J connectivity index is 2.02. The van der Waals surface area contributed by atoms with Gasteiger partial charge in [0, 0.05) is 18.3 Å². The van der Waals surface area contributed by atoms with E-state index in [2.05, 4.69) is 25.1 Å². The predicted molar refractivity (Wildman–Crippen MR) is 87.4 cm³/mol. The van der Waals surface area contributed by atoms with Crippen molar-refractivity contribution in [2.45, 2.75) is 25.8 Å². The van der Waals surface area contributed by atoms with Crippen LogP contribution in [0, 0.1) is 6.92 Å². The lowest BCUT2D eigenvalue weighted by atomic mass is 10.1. The van der Waals surface area contributed by atoms with Crippen molar-refractivity contribution in [3.8, 4) is 0 Å². The number of benzene rings is 1. The number of furan rings is 1. The molecule has 1 atom stereocenters. The third-order valence-corrected chi connectivity index (χ3v) is 4.49. The third kappa shape index (κ3) is 2.66. The molecule has 0 radical (unpaired) electrons. The van der Waals surface area contributed by atoms with Crippen LogP contribution in [-0.2, 0) is 6.42 Å². The minimum absolute atomic E-state index is 0.0208. The summed E-state index contributed by atoms with van der Waals surface area (Å²) in [5, 5.41) is 0. The maximum Gasteiger partial charge on any atom is 0.261 e. The first-order valence-corrected chi connectivity index (χ1v) is 7.68. The van der Waals surface area contributed by atoms with Gasteiger partial charge in [-0.3, -0.25) is 4.79 Å². The molecule has 0 bridgehead atoms. The van der Waals surface area contributed by atoms with Gasteiger partial charge in [-0.1, -0.05) is 18.2 Å². The second-order valence-electron chi connectivity index (χ2n) is 6.09. The summed E-state index contributed by atoms with van der Waals surface area (Å²) in [6.45, 7) is 2.54. The lowest BCUT2D eigenvalue weighted by Crippen LogP contribution is -2.42. The van der Waals surface area contributed by atoms with Gasteiger partial charge >= 0.3 is 0 Å². The van der Waals surface area contributed by atoms with Gasteiger partial charge in [-0.15, -0.1) is 0 Å². The highest BCUT2D eigenvalue weighted by molar-refractivity contribution is 6.07. The Labute approximate surface area is 131 Å². The predicted octanol–water partition coefficient (Wildman–Crippen LogP) is 3.11. The van der Waals surface area contributed by atoms with Crippen LogP contribution in [0.1, 0.15) is 28.1 Å². The Morgan fingerprint density at radius 3 is 2.73 bits per heavy atom. The van der Waals surface area contributed by atoms with E-state index in [4.69, 9.17) is 4.42 Å². The van der Waals surface area contributed by atoms with E-state index in [1.807, 2.05) is 30.0 Å². The van der Waals surface area contributed by atoms with Crippen LogP contribution < -0.4 is 4.90 Å². The number of amides is 1. The second-order valence-corrected chi connectivity index (χ2v) is 6.09. The first kappa shape index (κ1) is 14.9. The molecule has 116 valence electrons. The monoisotopic (exact) mass is 298 g/mol. The van der Waals surface area contributed by atoms with E-state index in [1.54, 1.807) is 12.3 Å². The minimum atomic E-state index is 0.0208. The Morgan fingerprint density at radius 1 is 1.27 bits per heavy atom. The standard InChI is InChI=1S/C18H22N2O2/c1-13-16(10-11-22-13)18(21)20-12-15(19(2)3)9-8-14-6-4-5-7-17(14)20/h4-7,10-11,15H,8-9,12H2,1-3H3. The number of likely N-dealkylation sites (N-methyl/N-ethyl adjacent to an activating group) is 1. The largest absolute Gasteiger partial charge is 0.469 e. The molecule has 1 unspecified atom stereocenters. The van der Waals surface area contributed by atoms with Crippen LogP contribution in [0.3, 0.4) is 0 Å². The number of nitrogens with zero attached hydrogens (tertiary/aromatic N) is 2. The van der Waals surface area contributed by atoms with Gasteiger partial charge in [-0.25, -0.2) is 0 Å². The van der Waals surface area contributed by atoms with Crippen LogP contribution >= 0.6 is 0 Å². The molecule has 2 heterocycles. The summed E-state index contributed by atoms with van der Waals surface area (Å²) >= 11 is 0. The minimum Gasteiger partial charge on any atom is -0.469 e. The van der Waals surface area contributed by atoms with Crippen LogP contribution in [0.5, 0.6) is 0 Å². The highest BCUT2D eigenvalue weighted by Crippen LogP contribution is 2.29. The van der Waals surface area contributed by atoms with E-state index in [-0.39, 0.29) is 5.91 Å². The van der Waals surface area contributed by atoms with Crippen molar-refractivity contribution in [2.24, 2.45) is 0 Å². The van der Waals surface area contributed by atoms with E-state index in [0.29, 0.717) is 23.9 Å². The molecule has 0 saturated heterocycles. The van der Waals surface area contributed by atoms with Gasteiger partial charge < -0.3 is 14.2 Å². The van der Waals surface area contributed by atoms with Crippen LogP contribution in [0.15, 0.2) is 41.0 Å². The summed E-state index contributed by atoms with van der Waals surface area (Å²) < 4.78 is 5.31. The molecule has 22 heavy (non-hydrogen) atoms. The highest BCUT2D eigenvalue weighted by atomic mass is 16.3. The molecule has 0 saturated carbocycles. The van der Waals surface area contributed by atoms with Crippen LogP contribution in [0.4, 0.5) is 5.69 Å². The summed E-state index contributed by atoms with van der Waals surface area (Å²) in [7, 11) is 4.15. The van der Waals surface area contributed by atoms with Gasteiger partial charge in [-0.05, 0) is 51.6 Å². The molecular formula is C18H22N2O2. The zero-order valence-corrected chi connectivity index (χ0v) is 13.4. The maximum absolute atomic E-state index is 13.0. The van der Waals surface area contributed by atoms with Gasteiger partial charge in [0.2, 0.25) is 0 Å². The Morgan fingerprint density at radius 2 is 2.05 bits per heavy atom. The fraction of sp³-hybridized carbons (Fsp3) is 0.389. The topological polar surface area (TPSA) is 36.7 Å². The normalized spacial score (nSPS) is 18.2. The number of carbonyl (C=O) groups is 1. The number of anilines is 1. The number of para-hydroxylation sites is 1. The quantitative estimate of drug-likeness (QED) is 0.855. The molecule has 4 nitrogen and oxygen atoms in total. The number of carbonyl (C=O) groups excluding carboxylic acids is 1. The fourth-order valence-electron chi connectivity index (χ4n) is 3.07.